The lowest BCUT2D eigenvalue weighted by Crippen LogP contribution is -2.46. The van der Waals surface area contributed by atoms with E-state index < -0.39 is 36.2 Å². The summed E-state index contributed by atoms with van der Waals surface area (Å²) < 4.78 is 30.9. The minimum absolute atomic E-state index is 0.256. The van der Waals surface area contributed by atoms with E-state index in [-0.39, 0.29) is 11.7 Å². The molecule has 0 heterocycles. The number of hydrogen-bond acceptors (Lipinski definition) is 3. The van der Waals surface area contributed by atoms with Crippen molar-refractivity contribution in [3.63, 3.8) is 0 Å². The Morgan fingerprint density at radius 1 is 1.38 bits per heavy atom. The SMILES string of the molecule is CCC(C)[C@H](NC(=O)COc1ccc(F)cc1F)C(=O)O. The van der Waals surface area contributed by atoms with Crippen LogP contribution in [0, 0.1) is 17.6 Å². The maximum atomic E-state index is 13.3. The van der Waals surface area contributed by atoms with E-state index in [4.69, 9.17) is 9.84 Å². The van der Waals surface area contributed by atoms with Gasteiger partial charge in [-0.15, -0.1) is 0 Å². The molecule has 1 unspecified atom stereocenters. The van der Waals surface area contributed by atoms with Crippen LogP contribution in [0.1, 0.15) is 20.3 Å². The second-order valence-electron chi connectivity index (χ2n) is 4.63. The highest BCUT2D eigenvalue weighted by Crippen LogP contribution is 2.17. The third-order valence-electron chi connectivity index (χ3n) is 3.05. The molecule has 0 aromatic heterocycles. The first-order valence-corrected chi connectivity index (χ1v) is 6.45. The smallest absolute Gasteiger partial charge is 0.326 e. The molecule has 0 spiro atoms. The summed E-state index contributed by atoms with van der Waals surface area (Å²) in [6.45, 7) is 2.94. The van der Waals surface area contributed by atoms with Crippen LogP contribution in [0.15, 0.2) is 18.2 Å². The second kappa shape index (κ2) is 7.56. The molecule has 0 aliphatic carbocycles. The Morgan fingerprint density at radius 3 is 2.57 bits per heavy atom. The van der Waals surface area contributed by atoms with Gasteiger partial charge in [-0.3, -0.25) is 4.79 Å². The molecule has 0 aliphatic heterocycles. The number of aliphatic carboxylic acids is 1. The molecule has 7 heteroatoms. The van der Waals surface area contributed by atoms with Crippen molar-refractivity contribution in [3.8, 4) is 5.75 Å². The van der Waals surface area contributed by atoms with Crippen LogP contribution < -0.4 is 10.1 Å². The third-order valence-corrected chi connectivity index (χ3v) is 3.05. The van der Waals surface area contributed by atoms with E-state index in [0.717, 1.165) is 12.1 Å². The van der Waals surface area contributed by atoms with Crippen molar-refractivity contribution in [3.05, 3.63) is 29.8 Å². The Balaban J connectivity index is 2.58. The normalized spacial score (nSPS) is 13.3. The molecule has 5 nitrogen and oxygen atoms in total. The van der Waals surface area contributed by atoms with Crippen LogP contribution in [0.2, 0.25) is 0 Å². The topological polar surface area (TPSA) is 75.6 Å². The van der Waals surface area contributed by atoms with Crippen LogP contribution in [0.5, 0.6) is 5.75 Å². The Kier molecular flexibility index (Phi) is 6.08. The van der Waals surface area contributed by atoms with Gasteiger partial charge in [-0.1, -0.05) is 20.3 Å². The largest absolute Gasteiger partial charge is 0.481 e. The van der Waals surface area contributed by atoms with Crippen LogP contribution in [-0.2, 0) is 9.59 Å². The Morgan fingerprint density at radius 2 is 2.05 bits per heavy atom. The second-order valence-corrected chi connectivity index (χ2v) is 4.63. The summed E-state index contributed by atoms with van der Waals surface area (Å²) in [6, 6.07) is 1.65. The number of rotatable bonds is 7. The highest BCUT2D eigenvalue weighted by atomic mass is 19.1. The van der Waals surface area contributed by atoms with Crippen molar-refractivity contribution < 1.29 is 28.2 Å². The van der Waals surface area contributed by atoms with E-state index in [2.05, 4.69) is 5.32 Å². The summed E-state index contributed by atoms with van der Waals surface area (Å²) >= 11 is 0. The van der Waals surface area contributed by atoms with E-state index in [0.29, 0.717) is 12.5 Å². The fourth-order valence-electron chi connectivity index (χ4n) is 1.63. The van der Waals surface area contributed by atoms with Gasteiger partial charge in [-0.25, -0.2) is 13.6 Å². The zero-order chi connectivity index (χ0) is 16.0. The molecular weight excluding hydrogens is 284 g/mol. The molecule has 0 aliphatic rings. The predicted molar refractivity (Wildman–Crippen MR) is 70.9 cm³/mol. The molecular formula is C14H17F2NO4. The summed E-state index contributed by atoms with van der Waals surface area (Å²) in [5.41, 5.74) is 0. The van der Waals surface area contributed by atoms with Gasteiger partial charge in [0, 0.05) is 6.07 Å². The van der Waals surface area contributed by atoms with Gasteiger partial charge in [-0.05, 0) is 18.1 Å². The molecule has 1 amide bonds. The van der Waals surface area contributed by atoms with Gasteiger partial charge in [0.05, 0.1) is 0 Å². The molecule has 1 aromatic carbocycles. The van der Waals surface area contributed by atoms with Crippen LogP contribution in [0.3, 0.4) is 0 Å². The van der Waals surface area contributed by atoms with Crippen molar-refractivity contribution in [1.82, 2.24) is 5.32 Å². The number of hydrogen-bond donors (Lipinski definition) is 2. The van der Waals surface area contributed by atoms with E-state index in [1.165, 1.54) is 0 Å². The Labute approximate surface area is 120 Å². The lowest BCUT2D eigenvalue weighted by Gasteiger charge is -2.20. The summed E-state index contributed by atoms with van der Waals surface area (Å²) in [7, 11) is 0. The fourth-order valence-corrected chi connectivity index (χ4v) is 1.63. The number of carboxylic acid groups (broad SMARTS) is 1. The minimum atomic E-state index is -1.15. The number of carbonyl (C=O) groups excluding carboxylic acids is 1. The molecule has 2 N–H and O–H groups in total. The predicted octanol–water partition coefficient (Wildman–Crippen LogP) is 1.96. The first-order chi connectivity index (χ1) is 9.85. The van der Waals surface area contributed by atoms with Gasteiger partial charge in [-0.2, -0.15) is 0 Å². The molecule has 1 aromatic rings. The molecule has 0 bridgehead atoms. The Hall–Kier alpha value is -2.18. The first-order valence-electron chi connectivity index (χ1n) is 6.45. The van der Waals surface area contributed by atoms with Crippen LogP contribution in [-0.4, -0.2) is 29.6 Å². The standard InChI is InChI=1S/C14H17F2NO4/c1-3-8(2)13(14(19)20)17-12(18)7-21-11-5-4-9(15)6-10(11)16/h4-6,8,13H,3,7H2,1-2H3,(H,17,18)(H,19,20)/t8?,13-/m0/s1. The van der Waals surface area contributed by atoms with Gasteiger partial charge in [0.2, 0.25) is 0 Å². The number of nitrogens with one attached hydrogen (secondary N) is 1. The molecule has 0 saturated heterocycles. The van der Waals surface area contributed by atoms with Crippen molar-refractivity contribution in [2.24, 2.45) is 5.92 Å². The lowest BCUT2D eigenvalue weighted by atomic mass is 9.99. The quantitative estimate of drug-likeness (QED) is 0.807. The molecule has 1 rings (SSSR count). The van der Waals surface area contributed by atoms with Crippen molar-refractivity contribution in [2.45, 2.75) is 26.3 Å². The molecule has 21 heavy (non-hydrogen) atoms. The Bertz CT molecular complexity index is 522. The van der Waals surface area contributed by atoms with Gasteiger partial charge in [0.1, 0.15) is 11.9 Å². The average Bonchev–Trinajstić information content (AvgIpc) is 2.42. The average molecular weight is 301 g/mol. The van der Waals surface area contributed by atoms with Crippen LogP contribution in [0.25, 0.3) is 0 Å². The number of benzene rings is 1. The third kappa shape index (κ3) is 5.02. The van der Waals surface area contributed by atoms with Gasteiger partial charge >= 0.3 is 5.97 Å². The summed E-state index contributed by atoms with van der Waals surface area (Å²) in [6.07, 6.45) is 0.574. The van der Waals surface area contributed by atoms with E-state index >= 15 is 0 Å². The van der Waals surface area contributed by atoms with Gasteiger partial charge in [0.25, 0.3) is 5.91 Å². The van der Waals surface area contributed by atoms with Crippen molar-refractivity contribution in [1.29, 1.82) is 0 Å². The fraction of sp³-hybridized carbons (Fsp3) is 0.429. The zero-order valence-corrected chi connectivity index (χ0v) is 11.7. The van der Waals surface area contributed by atoms with Crippen molar-refractivity contribution >= 4 is 11.9 Å². The molecule has 0 radical (unpaired) electrons. The first kappa shape index (κ1) is 16.9. The van der Waals surface area contributed by atoms with E-state index in [1.54, 1.807) is 13.8 Å². The lowest BCUT2D eigenvalue weighted by molar-refractivity contribution is -0.143. The van der Waals surface area contributed by atoms with Crippen LogP contribution in [0.4, 0.5) is 8.78 Å². The summed E-state index contributed by atoms with van der Waals surface area (Å²) in [4.78, 5) is 22.7. The maximum absolute atomic E-state index is 13.3. The van der Waals surface area contributed by atoms with Crippen molar-refractivity contribution in [2.75, 3.05) is 6.61 Å². The number of ether oxygens (including phenoxy) is 1. The maximum Gasteiger partial charge on any atom is 0.326 e. The molecule has 2 atom stereocenters. The number of halogens is 2. The highest BCUT2D eigenvalue weighted by Gasteiger charge is 2.25. The van der Waals surface area contributed by atoms with Crippen LogP contribution >= 0.6 is 0 Å². The summed E-state index contributed by atoms with van der Waals surface area (Å²) in [5, 5.41) is 11.3. The highest BCUT2D eigenvalue weighted by molar-refractivity contribution is 5.84. The number of carbonyl (C=O) groups is 2. The molecule has 116 valence electrons. The monoisotopic (exact) mass is 301 g/mol. The van der Waals surface area contributed by atoms with Gasteiger partial charge < -0.3 is 15.2 Å². The molecule has 0 fully saturated rings. The number of carboxylic acids is 1. The molecule has 0 saturated carbocycles. The van der Waals surface area contributed by atoms with E-state index in [1.807, 2.05) is 0 Å². The summed E-state index contributed by atoms with van der Waals surface area (Å²) in [5.74, 6) is -4.06. The zero-order valence-electron chi connectivity index (χ0n) is 11.7. The van der Waals surface area contributed by atoms with Gasteiger partial charge in [0.15, 0.2) is 18.2 Å². The van der Waals surface area contributed by atoms with E-state index in [9.17, 15) is 18.4 Å². The minimum Gasteiger partial charge on any atom is -0.481 e. The number of amides is 1.